The monoisotopic (exact) mass is 348 g/mol. The van der Waals surface area contributed by atoms with E-state index in [-0.39, 0.29) is 12.6 Å². The van der Waals surface area contributed by atoms with E-state index in [0.717, 1.165) is 10.2 Å². The second-order valence-corrected chi connectivity index (χ2v) is 5.61. The van der Waals surface area contributed by atoms with E-state index in [0.29, 0.717) is 5.75 Å². The number of hydrogen-bond donors (Lipinski definition) is 2. The lowest BCUT2D eigenvalue weighted by Crippen LogP contribution is -2.19. The van der Waals surface area contributed by atoms with Crippen molar-refractivity contribution in [3.05, 3.63) is 58.6 Å². The first-order valence-electron chi connectivity index (χ1n) is 6.58. The van der Waals surface area contributed by atoms with Gasteiger partial charge in [0.1, 0.15) is 5.75 Å². The molecule has 5 heteroatoms. The molecule has 1 unspecified atom stereocenters. The molecule has 0 saturated carbocycles. The summed E-state index contributed by atoms with van der Waals surface area (Å²) in [6.07, 6.45) is 0. The van der Waals surface area contributed by atoms with Crippen LogP contribution in [0.4, 0.5) is 5.69 Å². The molecule has 2 aromatic carbocycles. The summed E-state index contributed by atoms with van der Waals surface area (Å²) < 4.78 is 6.28. The molecule has 0 saturated heterocycles. The molecule has 2 aromatic rings. The number of benzene rings is 2. The van der Waals surface area contributed by atoms with Crippen molar-refractivity contribution in [1.82, 2.24) is 0 Å². The fourth-order valence-electron chi connectivity index (χ4n) is 1.89. The Bertz CT molecular complexity index is 597. The maximum atomic E-state index is 10.6. The maximum Gasteiger partial charge on any atom is 0.255 e. The highest BCUT2D eigenvalue weighted by atomic mass is 79.9. The fraction of sp³-hybridized carbons (Fsp3) is 0.188. The van der Waals surface area contributed by atoms with Gasteiger partial charge >= 0.3 is 0 Å². The van der Waals surface area contributed by atoms with E-state index < -0.39 is 5.91 Å². The first kappa shape index (κ1) is 15.4. The van der Waals surface area contributed by atoms with E-state index in [1.165, 1.54) is 5.56 Å². The summed E-state index contributed by atoms with van der Waals surface area (Å²) >= 11 is 3.43. The zero-order valence-corrected chi connectivity index (χ0v) is 13.3. The Labute approximate surface area is 132 Å². The second kappa shape index (κ2) is 7.13. The van der Waals surface area contributed by atoms with Gasteiger partial charge in [0.25, 0.3) is 5.91 Å². The Morgan fingerprint density at radius 2 is 1.81 bits per heavy atom. The molecule has 0 spiro atoms. The van der Waals surface area contributed by atoms with Gasteiger partial charge in [-0.15, -0.1) is 0 Å². The van der Waals surface area contributed by atoms with Crippen LogP contribution in [0.5, 0.6) is 5.75 Å². The van der Waals surface area contributed by atoms with E-state index in [1.807, 2.05) is 24.3 Å². The summed E-state index contributed by atoms with van der Waals surface area (Å²) in [6, 6.07) is 15.8. The van der Waals surface area contributed by atoms with Gasteiger partial charge in [-0.05, 0) is 48.9 Å². The van der Waals surface area contributed by atoms with Crippen LogP contribution < -0.4 is 15.8 Å². The number of nitrogens with one attached hydrogen (secondary N) is 1. The number of carbonyl (C=O) groups excluding carboxylic acids is 1. The van der Waals surface area contributed by atoms with Crippen molar-refractivity contribution in [1.29, 1.82) is 0 Å². The highest BCUT2D eigenvalue weighted by Gasteiger charge is 2.05. The van der Waals surface area contributed by atoms with Gasteiger partial charge < -0.3 is 15.8 Å². The number of ether oxygens (including phenoxy) is 1. The summed E-state index contributed by atoms with van der Waals surface area (Å²) in [5.74, 6) is 0.136. The van der Waals surface area contributed by atoms with E-state index in [4.69, 9.17) is 10.5 Å². The normalized spacial score (nSPS) is 11.7. The molecule has 21 heavy (non-hydrogen) atoms. The zero-order chi connectivity index (χ0) is 15.2. The van der Waals surface area contributed by atoms with Crippen molar-refractivity contribution < 1.29 is 9.53 Å². The Balaban J connectivity index is 1.96. The lowest BCUT2D eigenvalue weighted by atomic mass is 10.1. The average Bonchev–Trinajstić information content (AvgIpc) is 2.47. The van der Waals surface area contributed by atoms with Crippen LogP contribution in [0.2, 0.25) is 0 Å². The van der Waals surface area contributed by atoms with Crippen molar-refractivity contribution in [2.75, 3.05) is 11.9 Å². The average molecular weight is 349 g/mol. The lowest BCUT2D eigenvalue weighted by molar-refractivity contribution is -0.119. The number of carbonyl (C=O) groups is 1. The minimum absolute atomic E-state index is 0.109. The summed E-state index contributed by atoms with van der Waals surface area (Å²) in [4.78, 5) is 10.6. The van der Waals surface area contributed by atoms with E-state index in [2.05, 4.69) is 40.3 Å². The Morgan fingerprint density at radius 1 is 1.19 bits per heavy atom. The molecule has 0 aliphatic rings. The maximum absolute atomic E-state index is 10.6. The van der Waals surface area contributed by atoms with Gasteiger partial charge in [-0.3, -0.25) is 4.79 Å². The largest absolute Gasteiger partial charge is 0.484 e. The molecule has 1 atom stereocenters. The van der Waals surface area contributed by atoms with Gasteiger partial charge in [-0.1, -0.05) is 28.1 Å². The van der Waals surface area contributed by atoms with Crippen LogP contribution in [-0.2, 0) is 4.79 Å². The molecule has 3 N–H and O–H groups in total. The SMILES string of the molecule is CC(Nc1ccc(OCC(N)=O)cc1)c1ccc(Br)cc1. The van der Waals surface area contributed by atoms with Crippen LogP contribution in [0.25, 0.3) is 0 Å². The van der Waals surface area contributed by atoms with Crippen LogP contribution >= 0.6 is 15.9 Å². The van der Waals surface area contributed by atoms with Crippen molar-refractivity contribution in [2.45, 2.75) is 13.0 Å². The third-order valence-corrected chi connectivity index (χ3v) is 3.52. The summed E-state index contributed by atoms with van der Waals surface area (Å²) in [5.41, 5.74) is 7.22. The molecule has 0 aromatic heterocycles. The molecular weight excluding hydrogens is 332 g/mol. The smallest absolute Gasteiger partial charge is 0.255 e. The van der Waals surface area contributed by atoms with Crippen LogP contribution in [0.1, 0.15) is 18.5 Å². The standard InChI is InChI=1S/C16H17BrN2O2/c1-11(12-2-4-13(17)5-3-12)19-14-6-8-15(9-7-14)21-10-16(18)20/h2-9,11,19H,10H2,1H3,(H2,18,20). The molecule has 0 heterocycles. The van der Waals surface area contributed by atoms with Crippen LogP contribution in [0.3, 0.4) is 0 Å². The first-order chi connectivity index (χ1) is 10.0. The van der Waals surface area contributed by atoms with Crippen LogP contribution in [-0.4, -0.2) is 12.5 Å². The number of anilines is 1. The van der Waals surface area contributed by atoms with Gasteiger partial charge in [0.05, 0.1) is 0 Å². The molecule has 0 bridgehead atoms. The van der Waals surface area contributed by atoms with Crippen molar-refractivity contribution in [2.24, 2.45) is 5.73 Å². The lowest BCUT2D eigenvalue weighted by Gasteiger charge is -2.16. The first-order valence-corrected chi connectivity index (χ1v) is 7.37. The molecule has 0 fully saturated rings. The molecule has 0 radical (unpaired) electrons. The molecule has 1 amide bonds. The van der Waals surface area contributed by atoms with Crippen LogP contribution in [0.15, 0.2) is 53.0 Å². The number of hydrogen-bond acceptors (Lipinski definition) is 3. The molecule has 0 aliphatic heterocycles. The van der Waals surface area contributed by atoms with Gasteiger partial charge in [0, 0.05) is 16.2 Å². The Kier molecular flexibility index (Phi) is 5.22. The molecule has 2 rings (SSSR count). The van der Waals surface area contributed by atoms with Gasteiger partial charge in [0.2, 0.25) is 0 Å². The minimum atomic E-state index is -0.485. The fourth-order valence-corrected chi connectivity index (χ4v) is 2.15. The predicted molar refractivity (Wildman–Crippen MR) is 87.3 cm³/mol. The quantitative estimate of drug-likeness (QED) is 0.839. The Hall–Kier alpha value is -2.01. The number of amides is 1. The molecule has 110 valence electrons. The van der Waals surface area contributed by atoms with Gasteiger partial charge in [0.15, 0.2) is 6.61 Å². The summed E-state index contributed by atoms with van der Waals surface area (Å²) in [6.45, 7) is 1.99. The van der Waals surface area contributed by atoms with Crippen LogP contribution in [0, 0.1) is 0 Å². The minimum Gasteiger partial charge on any atom is -0.484 e. The molecule has 4 nitrogen and oxygen atoms in total. The predicted octanol–water partition coefficient (Wildman–Crippen LogP) is 3.49. The third kappa shape index (κ3) is 4.79. The third-order valence-electron chi connectivity index (χ3n) is 2.99. The molecular formula is C16H17BrN2O2. The summed E-state index contributed by atoms with van der Waals surface area (Å²) in [5, 5.41) is 3.41. The summed E-state index contributed by atoms with van der Waals surface area (Å²) in [7, 11) is 0. The molecule has 0 aliphatic carbocycles. The zero-order valence-electron chi connectivity index (χ0n) is 11.7. The highest BCUT2D eigenvalue weighted by molar-refractivity contribution is 9.10. The van der Waals surface area contributed by atoms with Crippen molar-refractivity contribution in [3.8, 4) is 5.75 Å². The van der Waals surface area contributed by atoms with E-state index >= 15 is 0 Å². The van der Waals surface area contributed by atoms with Gasteiger partial charge in [-0.25, -0.2) is 0 Å². The van der Waals surface area contributed by atoms with E-state index in [1.54, 1.807) is 12.1 Å². The van der Waals surface area contributed by atoms with Crippen molar-refractivity contribution in [3.63, 3.8) is 0 Å². The number of halogens is 1. The number of rotatable bonds is 6. The Morgan fingerprint density at radius 3 is 2.38 bits per heavy atom. The highest BCUT2D eigenvalue weighted by Crippen LogP contribution is 2.22. The van der Waals surface area contributed by atoms with Crippen molar-refractivity contribution >= 4 is 27.5 Å². The number of primary amides is 1. The van der Waals surface area contributed by atoms with Gasteiger partial charge in [-0.2, -0.15) is 0 Å². The van der Waals surface area contributed by atoms with E-state index in [9.17, 15) is 4.79 Å². The topological polar surface area (TPSA) is 64.3 Å². The second-order valence-electron chi connectivity index (χ2n) is 4.70. The number of nitrogens with two attached hydrogens (primary N) is 1.